The molecule has 0 saturated carbocycles. The van der Waals surface area contributed by atoms with E-state index < -0.39 is 18.2 Å². The summed E-state index contributed by atoms with van der Waals surface area (Å²) in [4.78, 5) is 26.1. The summed E-state index contributed by atoms with van der Waals surface area (Å²) >= 11 is 0. The lowest BCUT2D eigenvalue weighted by molar-refractivity contribution is -0.151. The molecule has 3 unspecified atom stereocenters. The summed E-state index contributed by atoms with van der Waals surface area (Å²) in [5.41, 5.74) is 0. The van der Waals surface area contributed by atoms with Gasteiger partial charge >= 0.3 is 5.97 Å². The van der Waals surface area contributed by atoms with Crippen LogP contribution in [-0.2, 0) is 14.3 Å². The predicted molar refractivity (Wildman–Crippen MR) is 255 cm³/mol. The first-order chi connectivity index (χ1) is 29.0. The Hall–Kier alpha value is -1.14. The number of rotatable bonds is 49. The topological polar surface area (TPSA) is 95.9 Å². The second-order valence-corrected chi connectivity index (χ2v) is 18.6. The molecule has 59 heavy (non-hydrogen) atoms. The van der Waals surface area contributed by atoms with Crippen LogP contribution in [0.4, 0.5) is 0 Å². The van der Waals surface area contributed by atoms with E-state index in [1.54, 1.807) is 0 Å². The van der Waals surface area contributed by atoms with Crippen LogP contribution in [0.25, 0.3) is 0 Å². The highest BCUT2D eigenvalue weighted by atomic mass is 16.5. The van der Waals surface area contributed by atoms with Crippen molar-refractivity contribution in [2.24, 2.45) is 0 Å². The molecule has 6 nitrogen and oxygen atoms in total. The molecule has 0 aliphatic rings. The predicted octanol–water partition coefficient (Wildman–Crippen LogP) is 16.0. The highest BCUT2D eigenvalue weighted by Gasteiger charge is 2.24. The van der Waals surface area contributed by atoms with Gasteiger partial charge in [0, 0.05) is 6.42 Å². The number of carbonyl (C=O) groups is 2. The van der Waals surface area contributed by atoms with Crippen LogP contribution in [0.2, 0.25) is 0 Å². The third kappa shape index (κ3) is 43.3. The Bertz CT molecular complexity index is 852. The maximum atomic E-state index is 13.2. The van der Waals surface area contributed by atoms with Gasteiger partial charge in [0.25, 0.3) is 0 Å². The molecule has 6 heteroatoms. The lowest BCUT2D eigenvalue weighted by atomic mass is 10.0. The molecule has 0 bridgehead atoms. The van der Waals surface area contributed by atoms with E-state index in [0.29, 0.717) is 19.3 Å². The second-order valence-electron chi connectivity index (χ2n) is 18.6. The summed E-state index contributed by atoms with van der Waals surface area (Å²) in [5.74, 6) is -0.452. The number of aliphatic hydroxyl groups is 2. The van der Waals surface area contributed by atoms with Gasteiger partial charge < -0.3 is 20.3 Å². The van der Waals surface area contributed by atoms with Crippen LogP contribution in [0.5, 0.6) is 0 Å². The van der Waals surface area contributed by atoms with Gasteiger partial charge in [0.15, 0.2) is 0 Å². The van der Waals surface area contributed by atoms with Gasteiger partial charge in [0.2, 0.25) is 5.91 Å². The zero-order valence-electron chi connectivity index (χ0n) is 40.2. The molecule has 0 aromatic rings. The molecule has 0 aromatic heterocycles. The van der Waals surface area contributed by atoms with Crippen molar-refractivity contribution >= 4 is 11.9 Å². The van der Waals surface area contributed by atoms with Gasteiger partial charge in [-0.25, -0.2) is 0 Å². The molecule has 0 aliphatic carbocycles. The number of hydrogen-bond donors (Lipinski definition) is 3. The Balaban J connectivity index is 4.42. The van der Waals surface area contributed by atoms with E-state index >= 15 is 0 Å². The normalized spacial score (nSPS) is 13.1. The van der Waals surface area contributed by atoms with Gasteiger partial charge in [-0.1, -0.05) is 265 Å². The van der Waals surface area contributed by atoms with E-state index in [0.717, 1.165) is 44.9 Å². The molecule has 0 aromatic carbocycles. The van der Waals surface area contributed by atoms with Gasteiger partial charge in [0.05, 0.1) is 25.2 Å². The number of hydrogen-bond acceptors (Lipinski definition) is 5. The van der Waals surface area contributed by atoms with Crippen molar-refractivity contribution in [2.75, 3.05) is 6.61 Å². The Morgan fingerprint density at radius 1 is 0.424 bits per heavy atom. The molecule has 0 rings (SSSR count). The number of ether oxygens (including phenoxy) is 1. The number of aliphatic hydroxyl groups excluding tert-OH is 2. The van der Waals surface area contributed by atoms with Crippen LogP contribution in [0.1, 0.15) is 303 Å². The summed E-state index contributed by atoms with van der Waals surface area (Å²) in [6.45, 7) is 6.51. The fraction of sp³-hybridized carbons (Fsp3) is 0.962. The number of unbranched alkanes of at least 4 members (excludes halogenated alkanes) is 37. The molecule has 0 fully saturated rings. The van der Waals surface area contributed by atoms with Gasteiger partial charge in [-0.05, 0) is 25.7 Å². The Morgan fingerprint density at radius 2 is 0.712 bits per heavy atom. The molecule has 352 valence electrons. The molecule has 3 atom stereocenters. The largest absolute Gasteiger partial charge is 0.462 e. The summed E-state index contributed by atoms with van der Waals surface area (Å²) in [6.07, 6.45) is 51.6. The highest BCUT2D eigenvalue weighted by molar-refractivity contribution is 5.77. The first kappa shape index (κ1) is 57.9. The first-order valence-electron chi connectivity index (χ1n) is 26.8. The summed E-state index contributed by atoms with van der Waals surface area (Å²) in [7, 11) is 0. The minimum absolute atomic E-state index is 0.0877. The smallest absolute Gasteiger partial charge is 0.306 e. The van der Waals surface area contributed by atoms with Crippen molar-refractivity contribution < 1.29 is 24.5 Å². The van der Waals surface area contributed by atoms with Crippen LogP contribution in [-0.4, -0.2) is 46.9 Å². The average Bonchev–Trinajstić information content (AvgIpc) is 3.23. The molecule has 0 heterocycles. The fourth-order valence-electron chi connectivity index (χ4n) is 8.61. The standard InChI is InChI=1S/C53H105NO5/c1-4-7-10-13-16-19-22-24-25-26-27-29-31-33-36-39-42-45-51(56)50(48-55)54-52(57)47-49(44-41-38-35-32-30-28-23-20-17-14-11-8-5-2)59-53(58)46-43-40-37-34-21-18-15-12-9-6-3/h49-51,55-56H,4-48H2,1-3H3,(H,54,57). The molecular weight excluding hydrogens is 731 g/mol. The van der Waals surface area contributed by atoms with E-state index in [9.17, 15) is 19.8 Å². The van der Waals surface area contributed by atoms with Crippen molar-refractivity contribution in [3.63, 3.8) is 0 Å². The Kier molecular flexibility index (Phi) is 47.0. The number of nitrogens with one attached hydrogen (secondary N) is 1. The molecular formula is C53H105NO5. The fourth-order valence-corrected chi connectivity index (χ4v) is 8.61. The number of esters is 1. The van der Waals surface area contributed by atoms with Crippen molar-refractivity contribution in [1.29, 1.82) is 0 Å². The average molecular weight is 836 g/mol. The lowest BCUT2D eigenvalue weighted by Gasteiger charge is -2.24. The quantitative estimate of drug-likeness (QED) is 0.0419. The molecule has 1 amide bonds. The maximum Gasteiger partial charge on any atom is 0.306 e. The summed E-state index contributed by atoms with van der Waals surface area (Å²) < 4.78 is 5.93. The summed E-state index contributed by atoms with van der Waals surface area (Å²) in [6, 6.07) is -0.692. The van der Waals surface area contributed by atoms with Crippen LogP contribution >= 0.6 is 0 Å². The number of amides is 1. The molecule has 0 saturated heterocycles. The zero-order chi connectivity index (χ0) is 43.1. The van der Waals surface area contributed by atoms with Crippen LogP contribution in [0.3, 0.4) is 0 Å². The van der Waals surface area contributed by atoms with Crippen LogP contribution < -0.4 is 5.32 Å². The van der Waals surface area contributed by atoms with E-state index in [1.165, 1.54) is 212 Å². The maximum absolute atomic E-state index is 13.2. The van der Waals surface area contributed by atoms with Crippen LogP contribution in [0.15, 0.2) is 0 Å². The third-order valence-electron chi connectivity index (χ3n) is 12.7. The molecule has 0 spiro atoms. The summed E-state index contributed by atoms with van der Waals surface area (Å²) in [5, 5.41) is 23.8. The SMILES string of the molecule is CCCCCCCCCCCCCCCCCCCC(O)C(CO)NC(=O)CC(CCCCCCCCCCCCCCC)OC(=O)CCCCCCCCCCCC. The van der Waals surface area contributed by atoms with E-state index in [-0.39, 0.29) is 24.9 Å². The minimum atomic E-state index is -0.779. The highest BCUT2D eigenvalue weighted by Crippen LogP contribution is 2.19. The zero-order valence-corrected chi connectivity index (χ0v) is 40.2. The van der Waals surface area contributed by atoms with Crippen molar-refractivity contribution in [3.05, 3.63) is 0 Å². The monoisotopic (exact) mass is 836 g/mol. The van der Waals surface area contributed by atoms with Gasteiger partial charge in [-0.2, -0.15) is 0 Å². The minimum Gasteiger partial charge on any atom is -0.462 e. The van der Waals surface area contributed by atoms with Crippen molar-refractivity contribution in [1.82, 2.24) is 5.32 Å². The van der Waals surface area contributed by atoms with Gasteiger partial charge in [0.1, 0.15) is 6.10 Å². The lowest BCUT2D eigenvalue weighted by Crippen LogP contribution is -2.46. The van der Waals surface area contributed by atoms with Crippen molar-refractivity contribution in [2.45, 2.75) is 322 Å². The van der Waals surface area contributed by atoms with Gasteiger partial charge in [-0.15, -0.1) is 0 Å². The Labute approximate surface area is 368 Å². The number of carbonyl (C=O) groups excluding carboxylic acids is 2. The van der Waals surface area contributed by atoms with E-state index in [4.69, 9.17) is 4.74 Å². The van der Waals surface area contributed by atoms with E-state index in [2.05, 4.69) is 26.1 Å². The molecule has 0 aliphatic heterocycles. The molecule has 3 N–H and O–H groups in total. The molecule has 0 radical (unpaired) electrons. The van der Waals surface area contributed by atoms with Crippen LogP contribution in [0, 0.1) is 0 Å². The third-order valence-corrected chi connectivity index (χ3v) is 12.7. The van der Waals surface area contributed by atoms with E-state index in [1.807, 2.05) is 0 Å². The van der Waals surface area contributed by atoms with Crippen molar-refractivity contribution in [3.8, 4) is 0 Å². The van der Waals surface area contributed by atoms with Gasteiger partial charge in [-0.3, -0.25) is 9.59 Å². The Morgan fingerprint density at radius 3 is 1.03 bits per heavy atom. The first-order valence-corrected chi connectivity index (χ1v) is 26.8. The second kappa shape index (κ2) is 47.9.